The molecule has 0 atom stereocenters. The van der Waals surface area contributed by atoms with E-state index in [1.54, 1.807) is 43.8 Å². The number of hydrogen-bond acceptors (Lipinski definition) is 2. The van der Waals surface area contributed by atoms with Crippen LogP contribution in [-0.4, -0.2) is 26.5 Å². The van der Waals surface area contributed by atoms with Gasteiger partial charge in [-0.05, 0) is 0 Å². The fourth-order valence-electron chi connectivity index (χ4n) is 6.66. The summed E-state index contributed by atoms with van der Waals surface area (Å²) in [4.78, 5) is 4.71. The zero-order valence-corrected chi connectivity index (χ0v) is 28.6. The monoisotopic (exact) mass is 650 g/mol. The normalized spacial score (nSPS) is 14.1. The summed E-state index contributed by atoms with van der Waals surface area (Å²) in [6.07, 6.45) is 8.29. The molecule has 3 heterocycles. The number of fused-ring (bicyclic) bond motifs is 3. The maximum absolute atomic E-state index is 2.84. The molecule has 4 aromatic rings. The number of rotatable bonds is 12. The van der Waals surface area contributed by atoms with Crippen molar-refractivity contribution in [2.75, 3.05) is 0 Å². The van der Waals surface area contributed by atoms with Crippen molar-refractivity contribution >= 4 is 72.8 Å². The van der Waals surface area contributed by atoms with Crippen molar-refractivity contribution in [3.05, 3.63) is 77.7 Å². The van der Waals surface area contributed by atoms with E-state index in [-0.39, 0.29) is 0 Å². The van der Waals surface area contributed by atoms with Crippen LogP contribution in [0.15, 0.2) is 72.8 Å². The maximum atomic E-state index is 2.84. The first-order valence-corrected chi connectivity index (χ1v) is 25.6. The Bertz CT molecular complexity index is 1240. The molecule has 0 saturated carbocycles. The molecule has 5 rings (SSSR count). The van der Waals surface area contributed by atoms with E-state index in [1.165, 1.54) is 43.4 Å². The minimum atomic E-state index is -2.53. The van der Waals surface area contributed by atoms with Gasteiger partial charge in [0.2, 0.25) is 0 Å². The number of thiophene rings is 2. The molecule has 0 unspecified atom stereocenters. The first kappa shape index (κ1) is 27.4. The van der Waals surface area contributed by atoms with Crippen LogP contribution in [0.4, 0.5) is 0 Å². The molecule has 0 radical (unpaired) electrons. The molecule has 0 aliphatic carbocycles. The second kappa shape index (κ2) is 11.9. The van der Waals surface area contributed by atoms with Crippen LogP contribution in [0.3, 0.4) is 0 Å². The van der Waals surface area contributed by atoms with E-state index >= 15 is 0 Å². The fourth-order valence-corrected chi connectivity index (χ4v) is 34.9. The molecule has 4 heteroatoms. The summed E-state index contributed by atoms with van der Waals surface area (Å²) in [6.45, 7) is 9.51. The van der Waals surface area contributed by atoms with Gasteiger partial charge in [-0.25, -0.2) is 0 Å². The van der Waals surface area contributed by atoms with Crippen molar-refractivity contribution in [2.24, 2.45) is 0 Å². The van der Waals surface area contributed by atoms with Gasteiger partial charge in [0.25, 0.3) is 0 Å². The van der Waals surface area contributed by atoms with Crippen LogP contribution in [0.1, 0.15) is 64.2 Å². The van der Waals surface area contributed by atoms with Gasteiger partial charge in [0.1, 0.15) is 0 Å². The van der Waals surface area contributed by atoms with Crippen LogP contribution < -0.4 is 23.6 Å². The van der Waals surface area contributed by atoms with Crippen LogP contribution in [-0.2, 0) is 0 Å². The van der Waals surface area contributed by atoms with Gasteiger partial charge in [0, 0.05) is 0 Å². The Morgan fingerprint density at radius 1 is 0.622 bits per heavy atom. The number of aryl methyl sites for hydroxylation is 1. The summed E-state index contributed by atoms with van der Waals surface area (Å²) in [7, 11) is -2.30. The first-order chi connectivity index (χ1) is 18.1. The van der Waals surface area contributed by atoms with E-state index in [2.05, 4.69) is 123 Å². The van der Waals surface area contributed by atoms with Crippen LogP contribution >= 0.6 is 22.7 Å². The average Bonchev–Trinajstić information content (AvgIpc) is 3.60. The van der Waals surface area contributed by atoms with E-state index in [9.17, 15) is 0 Å². The molecule has 0 amide bonds. The summed E-state index contributed by atoms with van der Waals surface area (Å²) in [5.41, 5.74) is 0. The van der Waals surface area contributed by atoms with E-state index in [1.807, 2.05) is 2.89 Å². The Kier molecular flexibility index (Phi) is 8.85. The quantitative estimate of drug-likeness (QED) is 0.123. The van der Waals surface area contributed by atoms with E-state index in [0.717, 1.165) is 0 Å². The molecule has 0 nitrogen and oxygen atoms in total. The molecular weight excluding hydrogens is 607 g/mol. The average molecular weight is 650 g/mol. The van der Waals surface area contributed by atoms with Gasteiger partial charge in [0.15, 0.2) is 0 Å². The van der Waals surface area contributed by atoms with Crippen molar-refractivity contribution in [1.82, 2.24) is 0 Å². The summed E-state index contributed by atoms with van der Waals surface area (Å²) in [5.74, 6) is 0. The molecule has 1 aliphatic rings. The SMILES string of the molecule is CCC[CH2][Sn]([CH2]CCC)([CH2]CCC)[c]1cc2c(s1)-c1sc(C)cc1[Si]2(c1ccccc1)c1ccccc1. The van der Waals surface area contributed by atoms with Crippen LogP contribution in [0.25, 0.3) is 9.75 Å². The van der Waals surface area contributed by atoms with Crippen molar-refractivity contribution in [3.63, 3.8) is 0 Å². The number of hydrogen-bond donors (Lipinski definition) is 0. The fraction of sp³-hybridized carbons (Fsp3) is 0.394. The predicted octanol–water partition coefficient (Wildman–Crippen LogP) is 7.53. The Balaban J connectivity index is 1.79. The summed E-state index contributed by atoms with van der Waals surface area (Å²) >= 11 is 1.79. The molecule has 194 valence electrons. The Hall–Kier alpha value is -1.14. The topological polar surface area (TPSA) is 0 Å². The molecule has 0 bridgehead atoms. The van der Waals surface area contributed by atoms with Gasteiger partial charge in [0.05, 0.1) is 0 Å². The molecule has 2 aromatic carbocycles. The van der Waals surface area contributed by atoms with E-state index < -0.39 is 26.5 Å². The van der Waals surface area contributed by atoms with Crippen LogP contribution in [0, 0.1) is 6.92 Å². The van der Waals surface area contributed by atoms with Crippen molar-refractivity contribution in [3.8, 4) is 9.75 Å². The Morgan fingerprint density at radius 3 is 1.57 bits per heavy atom. The zero-order chi connectivity index (χ0) is 25.9. The van der Waals surface area contributed by atoms with E-state index in [0.29, 0.717) is 0 Å². The molecule has 2 aromatic heterocycles. The van der Waals surface area contributed by atoms with Crippen LogP contribution in [0.5, 0.6) is 0 Å². The standard InChI is InChI=1S/C21H15S2Si.3C4H9.Sn/c1-15-14-19-21(23-15)20-18(12-13-22-20)24(19,16-8-4-2-5-9-16)17-10-6-3-7-11-17;3*1-3-4-2;/h2-12,14H,1H3;3*1,3-4H2,2H3;. The first-order valence-electron chi connectivity index (χ1n) is 14.5. The second-order valence-corrected chi connectivity index (χ2v) is 31.2. The van der Waals surface area contributed by atoms with Crippen LogP contribution in [0.2, 0.25) is 13.3 Å². The molecule has 0 spiro atoms. The predicted molar refractivity (Wildman–Crippen MR) is 174 cm³/mol. The summed E-state index contributed by atoms with van der Waals surface area (Å²) < 4.78 is 6.54. The molecule has 0 N–H and O–H groups in total. The minimum absolute atomic E-state index is 1.34. The Morgan fingerprint density at radius 2 is 1.08 bits per heavy atom. The summed E-state index contributed by atoms with van der Waals surface area (Å²) in [6, 6.07) is 28.6. The van der Waals surface area contributed by atoms with Crippen molar-refractivity contribution in [1.29, 1.82) is 0 Å². The second-order valence-electron chi connectivity index (χ2n) is 11.0. The molecular formula is C33H42S2SiSn. The molecule has 1 aliphatic heterocycles. The molecule has 0 saturated heterocycles. The number of benzene rings is 2. The summed E-state index contributed by atoms with van der Waals surface area (Å²) in [5, 5.41) is 6.48. The van der Waals surface area contributed by atoms with Gasteiger partial charge >= 0.3 is 240 Å². The van der Waals surface area contributed by atoms with Crippen molar-refractivity contribution in [2.45, 2.75) is 79.5 Å². The third-order valence-electron chi connectivity index (χ3n) is 8.56. The number of unbranched alkanes of at least 4 members (excludes halogenated alkanes) is 3. The molecule has 37 heavy (non-hydrogen) atoms. The van der Waals surface area contributed by atoms with Gasteiger partial charge in [-0.15, -0.1) is 0 Å². The van der Waals surface area contributed by atoms with Gasteiger partial charge in [-0.3, -0.25) is 0 Å². The third-order valence-corrected chi connectivity index (χ3v) is 34.3. The van der Waals surface area contributed by atoms with Gasteiger partial charge in [-0.1, -0.05) is 0 Å². The van der Waals surface area contributed by atoms with Gasteiger partial charge < -0.3 is 0 Å². The van der Waals surface area contributed by atoms with E-state index in [4.69, 9.17) is 0 Å². The van der Waals surface area contributed by atoms with Gasteiger partial charge in [-0.2, -0.15) is 0 Å². The Labute approximate surface area is 238 Å². The zero-order valence-electron chi connectivity index (χ0n) is 23.1. The molecule has 0 fully saturated rings. The van der Waals surface area contributed by atoms with Crippen molar-refractivity contribution < 1.29 is 0 Å². The third kappa shape index (κ3) is 4.87.